The largest absolute Gasteiger partial charge is 0.398 e. The quantitative estimate of drug-likeness (QED) is 0.775. The number of hydrogen-bond acceptors (Lipinski definition) is 3. The molecule has 18 heavy (non-hydrogen) atoms. The Morgan fingerprint density at radius 1 is 1.44 bits per heavy atom. The number of hydrogen-bond donors (Lipinski definition) is 2. The van der Waals surface area contributed by atoms with Crippen LogP contribution in [0, 0.1) is 5.92 Å². The minimum Gasteiger partial charge on any atom is -0.398 e. The number of carbonyl (C=O) groups is 1. The maximum atomic E-state index is 11.1. The van der Waals surface area contributed by atoms with Gasteiger partial charge in [0.25, 0.3) is 0 Å². The zero-order valence-corrected chi connectivity index (χ0v) is 11.6. The van der Waals surface area contributed by atoms with E-state index in [2.05, 4.69) is 13.8 Å². The van der Waals surface area contributed by atoms with Gasteiger partial charge in [0.1, 0.15) is 0 Å². The normalized spacial score (nSPS) is 11.2. The Morgan fingerprint density at radius 2 is 2.11 bits per heavy atom. The molecule has 1 aromatic carbocycles. The number of carbonyl (C=O) groups excluding carboxylic acids is 1. The van der Waals surface area contributed by atoms with Crippen molar-refractivity contribution in [3.63, 3.8) is 0 Å². The van der Waals surface area contributed by atoms with Crippen LogP contribution in [0.1, 0.15) is 19.4 Å². The van der Waals surface area contributed by atoms with Gasteiger partial charge in [-0.15, -0.1) is 0 Å². The first-order valence-electron chi connectivity index (χ1n) is 5.93. The molecule has 0 aliphatic heterocycles. The van der Waals surface area contributed by atoms with Crippen LogP contribution in [0.25, 0.3) is 0 Å². The van der Waals surface area contributed by atoms with Crippen molar-refractivity contribution in [1.29, 1.82) is 0 Å². The Hall–Kier alpha value is -1.26. The van der Waals surface area contributed by atoms with Crippen molar-refractivity contribution < 1.29 is 4.79 Å². The van der Waals surface area contributed by atoms with Crippen LogP contribution in [-0.4, -0.2) is 23.9 Å². The van der Waals surface area contributed by atoms with Crippen molar-refractivity contribution in [1.82, 2.24) is 4.90 Å². The summed E-state index contributed by atoms with van der Waals surface area (Å²) in [5.41, 5.74) is 12.6. The summed E-state index contributed by atoms with van der Waals surface area (Å²) in [7, 11) is 0. The van der Waals surface area contributed by atoms with Crippen molar-refractivity contribution in [3.05, 3.63) is 28.8 Å². The molecule has 0 fully saturated rings. The highest BCUT2D eigenvalue weighted by atomic mass is 35.5. The first kappa shape index (κ1) is 14.8. The van der Waals surface area contributed by atoms with Crippen molar-refractivity contribution in [2.24, 2.45) is 11.7 Å². The topological polar surface area (TPSA) is 72.3 Å². The molecule has 0 heterocycles. The van der Waals surface area contributed by atoms with Gasteiger partial charge in [-0.3, -0.25) is 9.69 Å². The van der Waals surface area contributed by atoms with Gasteiger partial charge in [0.05, 0.1) is 6.54 Å². The lowest BCUT2D eigenvalue weighted by molar-refractivity contribution is -0.119. The molecule has 0 saturated heterocycles. The summed E-state index contributed by atoms with van der Waals surface area (Å²) in [5.74, 6) is 0.0920. The fourth-order valence-corrected chi connectivity index (χ4v) is 2.13. The molecule has 0 radical (unpaired) electrons. The maximum Gasteiger partial charge on any atom is 0.231 e. The molecule has 0 bridgehead atoms. The average molecular weight is 270 g/mol. The predicted octanol–water partition coefficient (Wildman–Crippen LogP) is 1.87. The van der Waals surface area contributed by atoms with Crippen molar-refractivity contribution in [2.75, 3.05) is 18.8 Å². The van der Waals surface area contributed by atoms with E-state index in [0.717, 1.165) is 12.1 Å². The zero-order chi connectivity index (χ0) is 13.7. The smallest absolute Gasteiger partial charge is 0.231 e. The second-order valence-corrected chi connectivity index (χ2v) is 5.24. The van der Waals surface area contributed by atoms with E-state index in [-0.39, 0.29) is 12.5 Å². The number of halogens is 1. The molecule has 1 aromatic rings. The third-order valence-electron chi connectivity index (χ3n) is 2.54. The molecule has 0 unspecified atom stereocenters. The number of amides is 1. The van der Waals surface area contributed by atoms with Gasteiger partial charge >= 0.3 is 0 Å². The average Bonchev–Trinajstić information content (AvgIpc) is 2.21. The van der Waals surface area contributed by atoms with Gasteiger partial charge in [-0.05, 0) is 18.1 Å². The van der Waals surface area contributed by atoms with Crippen LogP contribution in [0.3, 0.4) is 0 Å². The lowest BCUT2D eigenvalue weighted by atomic mass is 10.1. The van der Waals surface area contributed by atoms with Crippen molar-refractivity contribution in [2.45, 2.75) is 20.4 Å². The van der Waals surface area contributed by atoms with Crippen LogP contribution in [0.5, 0.6) is 0 Å². The molecular formula is C13H20ClN3O. The van der Waals surface area contributed by atoms with Crippen LogP contribution in [-0.2, 0) is 11.3 Å². The molecule has 4 nitrogen and oxygen atoms in total. The molecule has 1 amide bonds. The van der Waals surface area contributed by atoms with Crippen LogP contribution in [0.15, 0.2) is 18.2 Å². The first-order valence-corrected chi connectivity index (χ1v) is 6.31. The van der Waals surface area contributed by atoms with Crippen molar-refractivity contribution >= 4 is 23.2 Å². The van der Waals surface area contributed by atoms with E-state index in [1.807, 2.05) is 11.0 Å². The van der Waals surface area contributed by atoms with Crippen LogP contribution < -0.4 is 11.5 Å². The van der Waals surface area contributed by atoms with Gasteiger partial charge in [0.2, 0.25) is 5.91 Å². The zero-order valence-electron chi connectivity index (χ0n) is 10.8. The monoisotopic (exact) mass is 269 g/mol. The fourth-order valence-electron chi connectivity index (χ4n) is 1.89. The summed E-state index contributed by atoms with van der Waals surface area (Å²) in [6.07, 6.45) is 0. The molecule has 1 rings (SSSR count). The summed E-state index contributed by atoms with van der Waals surface area (Å²) in [6, 6.07) is 5.41. The third kappa shape index (κ3) is 4.55. The maximum absolute atomic E-state index is 11.1. The number of nitrogens with zero attached hydrogens (tertiary/aromatic N) is 1. The number of nitrogens with two attached hydrogens (primary N) is 2. The summed E-state index contributed by atoms with van der Waals surface area (Å²) in [6.45, 7) is 5.69. The molecule has 0 atom stereocenters. The van der Waals surface area contributed by atoms with E-state index in [1.54, 1.807) is 12.1 Å². The Kier molecular flexibility index (Phi) is 5.44. The number of rotatable bonds is 6. The van der Waals surface area contributed by atoms with E-state index in [9.17, 15) is 4.79 Å². The summed E-state index contributed by atoms with van der Waals surface area (Å²) in [5, 5.41) is 0.619. The SMILES string of the molecule is CC(C)CN(CC(N)=O)Cc1c(N)cccc1Cl. The third-order valence-corrected chi connectivity index (χ3v) is 2.89. The Bertz CT molecular complexity index is 400. The Balaban J connectivity index is 2.84. The number of nitrogen functional groups attached to an aromatic ring is 1. The molecule has 0 aliphatic rings. The molecule has 4 N–H and O–H groups in total. The van der Waals surface area contributed by atoms with Gasteiger partial charge < -0.3 is 11.5 Å². The summed E-state index contributed by atoms with van der Waals surface area (Å²) < 4.78 is 0. The van der Waals surface area contributed by atoms with Gasteiger partial charge in [-0.25, -0.2) is 0 Å². The van der Waals surface area contributed by atoms with Gasteiger partial charge in [-0.2, -0.15) is 0 Å². The second kappa shape index (κ2) is 6.61. The molecule has 0 aliphatic carbocycles. The highest BCUT2D eigenvalue weighted by molar-refractivity contribution is 6.31. The van der Waals surface area contributed by atoms with E-state index in [0.29, 0.717) is 23.2 Å². The summed E-state index contributed by atoms with van der Waals surface area (Å²) >= 11 is 6.12. The van der Waals surface area contributed by atoms with Crippen LogP contribution in [0.4, 0.5) is 5.69 Å². The van der Waals surface area contributed by atoms with Crippen LogP contribution >= 0.6 is 11.6 Å². The standard InChI is InChI=1S/C13H20ClN3O/c1-9(2)6-17(8-13(16)18)7-10-11(14)4-3-5-12(10)15/h3-5,9H,6-8,15H2,1-2H3,(H2,16,18). The van der Waals surface area contributed by atoms with E-state index >= 15 is 0 Å². The number of benzene rings is 1. The van der Waals surface area contributed by atoms with E-state index in [4.69, 9.17) is 23.1 Å². The molecule has 5 heteroatoms. The van der Waals surface area contributed by atoms with Gasteiger partial charge in [0, 0.05) is 29.4 Å². The Morgan fingerprint density at radius 3 is 2.61 bits per heavy atom. The highest BCUT2D eigenvalue weighted by Gasteiger charge is 2.14. The van der Waals surface area contributed by atoms with Gasteiger partial charge in [-0.1, -0.05) is 31.5 Å². The van der Waals surface area contributed by atoms with Crippen molar-refractivity contribution in [3.8, 4) is 0 Å². The van der Waals surface area contributed by atoms with Gasteiger partial charge in [0.15, 0.2) is 0 Å². The minimum atomic E-state index is -0.346. The lowest BCUT2D eigenvalue weighted by Gasteiger charge is -2.24. The molecular weight excluding hydrogens is 250 g/mol. The lowest BCUT2D eigenvalue weighted by Crippen LogP contribution is -2.36. The summed E-state index contributed by atoms with van der Waals surface area (Å²) in [4.78, 5) is 13.0. The minimum absolute atomic E-state index is 0.211. The molecule has 0 aromatic heterocycles. The fraction of sp³-hybridized carbons (Fsp3) is 0.462. The molecule has 0 saturated carbocycles. The van der Waals surface area contributed by atoms with Crippen LogP contribution in [0.2, 0.25) is 5.02 Å². The molecule has 100 valence electrons. The number of anilines is 1. The predicted molar refractivity (Wildman–Crippen MR) is 75.2 cm³/mol. The molecule has 0 spiro atoms. The Labute approximate surface area is 113 Å². The number of primary amides is 1. The highest BCUT2D eigenvalue weighted by Crippen LogP contribution is 2.23. The second-order valence-electron chi connectivity index (χ2n) is 4.84. The van der Waals surface area contributed by atoms with E-state index in [1.165, 1.54) is 0 Å². The first-order chi connectivity index (χ1) is 8.40. The van der Waals surface area contributed by atoms with E-state index < -0.39 is 0 Å².